The summed E-state index contributed by atoms with van der Waals surface area (Å²) in [7, 11) is 0. The monoisotopic (exact) mass is 1060 g/mol. The van der Waals surface area contributed by atoms with Gasteiger partial charge in [-0.05, 0) is 103 Å². The van der Waals surface area contributed by atoms with E-state index in [1.807, 2.05) is 12.2 Å². The van der Waals surface area contributed by atoms with E-state index in [0.29, 0.717) is 19.3 Å². The number of carbonyl (C=O) groups excluding carboxylic acids is 3. The summed E-state index contributed by atoms with van der Waals surface area (Å²) in [4.78, 5) is 38.1. The summed E-state index contributed by atoms with van der Waals surface area (Å²) in [5.41, 5.74) is 0. The maximum Gasteiger partial charge on any atom is 0.310 e. The van der Waals surface area contributed by atoms with E-state index < -0.39 is 18.0 Å². The highest BCUT2D eigenvalue weighted by atomic mass is 16.6. The van der Waals surface area contributed by atoms with E-state index in [4.69, 9.17) is 14.2 Å². The third kappa shape index (κ3) is 62.0. The molecule has 0 aliphatic heterocycles. The van der Waals surface area contributed by atoms with Gasteiger partial charge in [-0.15, -0.1) is 0 Å². The van der Waals surface area contributed by atoms with Crippen LogP contribution in [0, 0.1) is 0 Å². The van der Waals surface area contributed by atoms with Crippen LogP contribution in [0.5, 0.6) is 0 Å². The topological polar surface area (TPSA) is 78.9 Å². The number of ether oxygens (including phenoxy) is 3. The Labute approximate surface area is 474 Å². The fraction of sp³-hybridized carbons (Fsp3) is 0.620. The summed E-state index contributed by atoms with van der Waals surface area (Å²) in [5, 5.41) is 0. The summed E-state index contributed by atoms with van der Waals surface area (Å²) in [6.07, 6.45) is 92.1. The van der Waals surface area contributed by atoms with Gasteiger partial charge in [-0.1, -0.05) is 289 Å². The molecule has 434 valence electrons. The molecule has 0 rings (SSSR count). The van der Waals surface area contributed by atoms with Gasteiger partial charge in [0.05, 0.1) is 12.8 Å². The maximum atomic E-state index is 12.8. The van der Waals surface area contributed by atoms with Crippen LogP contribution in [-0.4, -0.2) is 37.2 Å². The molecular formula is C71H114O6. The van der Waals surface area contributed by atoms with Gasteiger partial charge in [0.2, 0.25) is 0 Å². The number of esters is 3. The Bertz CT molecular complexity index is 1700. The van der Waals surface area contributed by atoms with E-state index in [1.165, 1.54) is 135 Å². The number of allylic oxidation sites excluding steroid dienone is 22. The SMILES string of the molecule is CC/C=C\C/C=C\C/C=C\C/C=C\C/C=C\CC(=O)OCC(COC(=O)CCCCCCCCCCCCCCCCCCC/C=C\C/C=C\CCCCCCC)OC(=O)C/C=C\C/C=C\C/C=C\C/C=C\C/C=C\CC. The number of carbonyl (C=O) groups is 3. The normalized spacial score (nSPS) is 13.1. The van der Waals surface area contributed by atoms with Crippen molar-refractivity contribution in [3.8, 4) is 0 Å². The molecule has 1 atom stereocenters. The van der Waals surface area contributed by atoms with E-state index in [0.717, 1.165) is 77.0 Å². The minimum atomic E-state index is -0.878. The molecule has 6 nitrogen and oxygen atoms in total. The first-order valence-electron chi connectivity index (χ1n) is 31.3. The number of unbranched alkanes of at least 4 members (excludes halogenated alkanes) is 22. The highest BCUT2D eigenvalue weighted by molar-refractivity contribution is 5.72. The highest BCUT2D eigenvalue weighted by Crippen LogP contribution is 2.16. The first-order valence-corrected chi connectivity index (χ1v) is 31.3. The minimum Gasteiger partial charge on any atom is -0.462 e. The van der Waals surface area contributed by atoms with Crippen LogP contribution in [-0.2, 0) is 28.6 Å². The molecule has 0 spiro atoms. The Morgan fingerprint density at radius 2 is 0.558 bits per heavy atom. The quantitative estimate of drug-likeness (QED) is 0.0261. The van der Waals surface area contributed by atoms with Crippen molar-refractivity contribution in [2.45, 2.75) is 271 Å². The second-order valence-corrected chi connectivity index (χ2v) is 20.2. The molecular weight excluding hydrogens is 949 g/mol. The molecule has 0 aromatic heterocycles. The molecule has 6 heteroatoms. The van der Waals surface area contributed by atoms with E-state index >= 15 is 0 Å². The zero-order valence-electron chi connectivity index (χ0n) is 49.7. The summed E-state index contributed by atoms with van der Waals surface area (Å²) < 4.78 is 16.7. The van der Waals surface area contributed by atoms with Gasteiger partial charge in [0.25, 0.3) is 0 Å². The Hall–Kier alpha value is -4.71. The highest BCUT2D eigenvalue weighted by Gasteiger charge is 2.19. The average Bonchev–Trinajstić information content (AvgIpc) is 3.43. The number of rotatable bonds is 55. The molecule has 0 aromatic rings. The largest absolute Gasteiger partial charge is 0.462 e. The first-order chi connectivity index (χ1) is 38.0. The molecule has 77 heavy (non-hydrogen) atoms. The van der Waals surface area contributed by atoms with Gasteiger partial charge in [0, 0.05) is 6.42 Å². The van der Waals surface area contributed by atoms with Gasteiger partial charge >= 0.3 is 17.9 Å². The predicted octanol–water partition coefficient (Wildman–Crippen LogP) is 21.5. The molecule has 0 saturated carbocycles. The van der Waals surface area contributed by atoms with E-state index in [9.17, 15) is 14.4 Å². The second-order valence-electron chi connectivity index (χ2n) is 20.2. The van der Waals surface area contributed by atoms with Crippen molar-refractivity contribution in [1.82, 2.24) is 0 Å². The Kier molecular flexibility index (Phi) is 59.9. The van der Waals surface area contributed by atoms with Crippen LogP contribution < -0.4 is 0 Å². The fourth-order valence-electron chi connectivity index (χ4n) is 8.27. The molecule has 0 aromatic carbocycles. The van der Waals surface area contributed by atoms with Gasteiger partial charge in [-0.2, -0.15) is 0 Å². The summed E-state index contributed by atoms with van der Waals surface area (Å²) in [6.45, 7) is 6.23. The van der Waals surface area contributed by atoms with Crippen LogP contribution in [0.1, 0.15) is 265 Å². The van der Waals surface area contributed by atoms with Gasteiger partial charge in [-0.25, -0.2) is 0 Å². The molecule has 0 fully saturated rings. The fourth-order valence-corrected chi connectivity index (χ4v) is 8.27. The van der Waals surface area contributed by atoms with Crippen molar-refractivity contribution in [2.24, 2.45) is 0 Å². The molecule has 0 radical (unpaired) electrons. The molecule has 1 unspecified atom stereocenters. The second kappa shape index (κ2) is 63.8. The van der Waals surface area contributed by atoms with Crippen molar-refractivity contribution >= 4 is 17.9 Å². The third-order valence-corrected chi connectivity index (χ3v) is 12.9. The lowest BCUT2D eigenvalue weighted by atomic mass is 10.0. The van der Waals surface area contributed by atoms with E-state index in [1.54, 1.807) is 12.2 Å². The van der Waals surface area contributed by atoms with Crippen LogP contribution in [0.25, 0.3) is 0 Å². The third-order valence-electron chi connectivity index (χ3n) is 12.9. The van der Waals surface area contributed by atoms with Gasteiger partial charge in [0.15, 0.2) is 6.10 Å². The van der Waals surface area contributed by atoms with Gasteiger partial charge < -0.3 is 14.2 Å². The molecule has 0 saturated heterocycles. The standard InChI is InChI=1S/C71H114O6/c1-4-7-10-13-16-19-22-25-28-29-30-31-32-33-34-35-36-37-38-39-40-41-44-46-49-52-55-58-61-64-70(73)76-67-68(77-71(74)65-62-59-56-53-50-47-43-27-24-21-18-15-12-9-6-3)66-75-69(72)63-60-57-54-51-48-45-42-26-23-20-17-14-11-8-5-2/h8-9,11-12,17-18,20-22,25-27,29-30,42-43,48,50-51,53,57,59-60,62,68H,4-7,10,13-16,19,23-24,28,31-41,44-47,49,52,54-56,58,61,63-67H2,1-3H3/b11-8-,12-9-,20-17-,21-18-,25-22-,30-29-,42-26-,43-27-,51-48-,53-50-,60-57-,62-59-. The van der Waals surface area contributed by atoms with Gasteiger partial charge in [0.1, 0.15) is 13.2 Å². The Balaban J connectivity index is 4.38. The van der Waals surface area contributed by atoms with Crippen LogP contribution in [0.2, 0.25) is 0 Å². The Morgan fingerprint density at radius 1 is 0.286 bits per heavy atom. The smallest absolute Gasteiger partial charge is 0.310 e. The average molecular weight is 1060 g/mol. The van der Waals surface area contributed by atoms with Crippen LogP contribution in [0.3, 0.4) is 0 Å². The number of hydrogen-bond donors (Lipinski definition) is 0. The summed E-state index contributed by atoms with van der Waals surface area (Å²) in [5.74, 6) is -1.22. The van der Waals surface area contributed by atoms with Crippen molar-refractivity contribution in [3.05, 3.63) is 146 Å². The zero-order valence-corrected chi connectivity index (χ0v) is 49.7. The lowest BCUT2D eigenvalue weighted by Gasteiger charge is -2.17. The molecule has 0 heterocycles. The van der Waals surface area contributed by atoms with Crippen LogP contribution in [0.15, 0.2) is 146 Å². The van der Waals surface area contributed by atoms with Crippen LogP contribution >= 0.6 is 0 Å². The first kappa shape index (κ1) is 72.3. The summed E-state index contributed by atoms with van der Waals surface area (Å²) >= 11 is 0. The Morgan fingerprint density at radius 3 is 0.909 bits per heavy atom. The predicted molar refractivity (Wildman–Crippen MR) is 334 cm³/mol. The van der Waals surface area contributed by atoms with Crippen molar-refractivity contribution in [2.75, 3.05) is 13.2 Å². The maximum absolute atomic E-state index is 12.8. The van der Waals surface area contributed by atoms with Crippen molar-refractivity contribution < 1.29 is 28.6 Å². The zero-order chi connectivity index (χ0) is 55.7. The van der Waals surface area contributed by atoms with E-state index in [2.05, 4.69) is 142 Å². The molecule has 0 amide bonds. The molecule has 0 N–H and O–H groups in total. The summed E-state index contributed by atoms with van der Waals surface area (Å²) in [6, 6.07) is 0. The number of hydrogen-bond acceptors (Lipinski definition) is 6. The lowest BCUT2D eigenvalue weighted by Crippen LogP contribution is -2.30. The molecule has 0 aliphatic carbocycles. The van der Waals surface area contributed by atoms with Gasteiger partial charge in [-0.3, -0.25) is 14.4 Å². The van der Waals surface area contributed by atoms with E-state index in [-0.39, 0.29) is 32.0 Å². The van der Waals surface area contributed by atoms with Crippen molar-refractivity contribution in [3.63, 3.8) is 0 Å². The molecule has 0 aliphatic rings. The van der Waals surface area contributed by atoms with Crippen LogP contribution in [0.4, 0.5) is 0 Å². The van der Waals surface area contributed by atoms with Crippen molar-refractivity contribution in [1.29, 1.82) is 0 Å². The minimum absolute atomic E-state index is 0.0726. The molecule has 0 bridgehead atoms. The lowest BCUT2D eigenvalue weighted by molar-refractivity contribution is -0.166.